The molecule has 3 nitrogen and oxygen atoms in total. The summed E-state index contributed by atoms with van der Waals surface area (Å²) in [5, 5.41) is 2.00. The maximum atomic E-state index is 5.79. The Bertz CT molecular complexity index is 192. The van der Waals surface area contributed by atoms with Crippen LogP contribution in [0.15, 0.2) is 0 Å². The fraction of sp³-hybridized carbons (Fsp3) is 1.00. The average Bonchev–Trinajstić information content (AvgIpc) is 2.20. The standard InChI is InChI=1S/C12H25NO2/c1-6-10(2)11(3)13(5)15-9-12(4)7-14-8-12/h10-11H,6-9H2,1-5H3. The minimum atomic E-state index is 0.240. The first-order valence-electron chi connectivity index (χ1n) is 5.92. The predicted octanol–water partition coefficient (Wildman–Crippen LogP) is 2.32. The maximum absolute atomic E-state index is 5.79. The molecule has 90 valence electrons. The summed E-state index contributed by atoms with van der Waals surface area (Å²) in [5.74, 6) is 0.667. The van der Waals surface area contributed by atoms with Crippen LogP contribution in [0.3, 0.4) is 0 Å². The number of hydroxylamine groups is 2. The highest BCUT2D eigenvalue weighted by Gasteiger charge is 2.34. The molecule has 0 aliphatic carbocycles. The summed E-state index contributed by atoms with van der Waals surface area (Å²) in [4.78, 5) is 5.79. The molecule has 0 aromatic rings. The van der Waals surface area contributed by atoms with Gasteiger partial charge in [-0.1, -0.05) is 27.2 Å². The zero-order valence-electron chi connectivity index (χ0n) is 10.7. The molecule has 2 atom stereocenters. The van der Waals surface area contributed by atoms with Crippen molar-refractivity contribution >= 4 is 0 Å². The number of hydrogen-bond donors (Lipinski definition) is 0. The van der Waals surface area contributed by atoms with E-state index in [1.54, 1.807) is 0 Å². The summed E-state index contributed by atoms with van der Waals surface area (Å²) < 4.78 is 5.20. The minimum Gasteiger partial charge on any atom is -0.380 e. The molecule has 15 heavy (non-hydrogen) atoms. The summed E-state index contributed by atoms with van der Waals surface area (Å²) in [7, 11) is 2.03. The number of rotatable bonds is 6. The molecule has 1 heterocycles. The van der Waals surface area contributed by atoms with Gasteiger partial charge in [0.2, 0.25) is 0 Å². The van der Waals surface area contributed by atoms with E-state index in [1.165, 1.54) is 6.42 Å². The lowest BCUT2D eigenvalue weighted by atomic mass is 9.90. The molecule has 1 aliphatic rings. The van der Waals surface area contributed by atoms with E-state index in [0.717, 1.165) is 19.8 Å². The van der Waals surface area contributed by atoms with Crippen LogP contribution in [0, 0.1) is 11.3 Å². The summed E-state index contributed by atoms with van der Waals surface area (Å²) in [6.45, 7) is 11.3. The lowest BCUT2D eigenvalue weighted by molar-refractivity contribution is -0.232. The smallest absolute Gasteiger partial charge is 0.0782 e. The predicted molar refractivity (Wildman–Crippen MR) is 61.6 cm³/mol. The Hall–Kier alpha value is -0.120. The zero-order chi connectivity index (χ0) is 11.5. The maximum Gasteiger partial charge on any atom is 0.0782 e. The topological polar surface area (TPSA) is 21.7 Å². The van der Waals surface area contributed by atoms with Crippen molar-refractivity contribution in [2.45, 2.75) is 40.2 Å². The van der Waals surface area contributed by atoms with Crippen molar-refractivity contribution in [2.75, 3.05) is 26.9 Å². The molecule has 3 heteroatoms. The van der Waals surface area contributed by atoms with Gasteiger partial charge in [0.25, 0.3) is 0 Å². The van der Waals surface area contributed by atoms with E-state index in [1.807, 2.05) is 12.1 Å². The second-order valence-corrected chi connectivity index (χ2v) is 5.25. The molecule has 0 aromatic heterocycles. The lowest BCUT2D eigenvalue weighted by Crippen LogP contribution is -2.46. The molecule has 1 saturated heterocycles. The zero-order valence-corrected chi connectivity index (χ0v) is 10.7. The van der Waals surface area contributed by atoms with Crippen LogP contribution in [0.1, 0.15) is 34.1 Å². The van der Waals surface area contributed by atoms with Crippen molar-refractivity contribution in [2.24, 2.45) is 11.3 Å². The Kier molecular flexibility index (Phi) is 4.56. The van der Waals surface area contributed by atoms with Gasteiger partial charge in [0.15, 0.2) is 0 Å². The molecule has 1 aliphatic heterocycles. The number of hydrogen-bond acceptors (Lipinski definition) is 3. The quantitative estimate of drug-likeness (QED) is 0.635. The molecule has 0 spiro atoms. The third kappa shape index (κ3) is 3.44. The van der Waals surface area contributed by atoms with Crippen LogP contribution in [-0.2, 0) is 9.57 Å². The fourth-order valence-electron chi connectivity index (χ4n) is 1.61. The van der Waals surface area contributed by atoms with Gasteiger partial charge in [-0.05, 0) is 12.8 Å². The van der Waals surface area contributed by atoms with E-state index >= 15 is 0 Å². The van der Waals surface area contributed by atoms with Gasteiger partial charge in [-0.15, -0.1) is 0 Å². The fourth-order valence-corrected chi connectivity index (χ4v) is 1.61. The Balaban J connectivity index is 2.25. The Morgan fingerprint density at radius 3 is 2.40 bits per heavy atom. The summed E-state index contributed by atoms with van der Waals surface area (Å²) in [6, 6.07) is 0.472. The monoisotopic (exact) mass is 215 g/mol. The van der Waals surface area contributed by atoms with Gasteiger partial charge in [-0.25, -0.2) is 0 Å². The summed E-state index contributed by atoms with van der Waals surface area (Å²) in [6.07, 6.45) is 1.19. The molecule has 0 saturated carbocycles. The van der Waals surface area contributed by atoms with Crippen LogP contribution in [0.2, 0.25) is 0 Å². The highest BCUT2D eigenvalue weighted by atomic mass is 16.7. The third-order valence-corrected chi connectivity index (χ3v) is 3.56. The number of nitrogens with zero attached hydrogens (tertiary/aromatic N) is 1. The Labute approximate surface area is 93.7 Å². The molecule has 0 N–H and O–H groups in total. The van der Waals surface area contributed by atoms with E-state index in [-0.39, 0.29) is 5.41 Å². The molecule has 1 rings (SSSR count). The first-order chi connectivity index (χ1) is 6.98. The van der Waals surface area contributed by atoms with Crippen LogP contribution in [-0.4, -0.2) is 38.0 Å². The van der Waals surface area contributed by atoms with Crippen molar-refractivity contribution in [1.82, 2.24) is 5.06 Å². The molecular formula is C12H25NO2. The molecule has 0 aromatic carbocycles. The minimum absolute atomic E-state index is 0.240. The molecule has 1 fully saturated rings. The van der Waals surface area contributed by atoms with Gasteiger partial charge >= 0.3 is 0 Å². The molecule has 0 bridgehead atoms. The second kappa shape index (κ2) is 5.28. The van der Waals surface area contributed by atoms with Crippen LogP contribution in [0.5, 0.6) is 0 Å². The van der Waals surface area contributed by atoms with Gasteiger partial charge in [0.05, 0.1) is 19.8 Å². The van der Waals surface area contributed by atoms with Gasteiger partial charge in [-0.3, -0.25) is 4.84 Å². The Morgan fingerprint density at radius 1 is 1.40 bits per heavy atom. The Morgan fingerprint density at radius 2 is 2.00 bits per heavy atom. The highest BCUT2D eigenvalue weighted by molar-refractivity contribution is 4.80. The van der Waals surface area contributed by atoms with Crippen LogP contribution < -0.4 is 0 Å². The molecule has 2 unspecified atom stereocenters. The largest absolute Gasteiger partial charge is 0.380 e. The molecule has 0 radical (unpaired) electrons. The van der Waals surface area contributed by atoms with E-state index in [0.29, 0.717) is 12.0 Å². The first kappa shape index (κ1) is 12.9. The van der Waals surface area contributed by atoms with Crippen LogP contribution in [0.25, 0.3) is 0 Å². The van der Waals surface area contributed by atoms with Crippen molar-refractivity contribution in [3.05, 3.63) is 0 Å². The van der Waals surface area contributed by atoms with E-state index in [2.05, 4.69) is 27.7 Å². The van der Waals surface area contributed by atoms with Crippen molar-refractivity contribution < 1.29 is 9.57 Å². The van der Waals surface area contributed by atoms with Gasteiger partial charge in [-0.2, -0.15) is 5.06 Å². The van der Waals surface area contributed by atoms with E-state index in [4.69, 9.17) is 9.57 Å². The SMILES string of the molecule is CCC(C)C(C)N(C)OCC1(C)COC1. The van der Waals surface area contributed by atoms with Gasteiger partial charge in [0.1, 0.15) is 0 Å². The second-order valence-electron chi connectivity index (χ2n) is 5.25. The van der Waals surface area contributed by atoms with Crippen molar-refractivity contribution in [3.63, 3.8) is 0 Å². The van der Waals surface area contributed by atoms with Crippen LogP contribution >= 0.6 is 0 Å². The molecular weight excluding hydrogens is 190 g/mol. The van der Waals surface area contributed by atoms with Crippen LogP contribution in [0.4, 0.5) is 0 Å². The van der Waals surface area contributed by atoms with Crippen molar-refractivity contribution in [3.8, 4) is 0 Å². The normalized spacial score (nSPS) is 23.6. The van der Waals surface area contributed by atoms with Crippen molar-refractivity contribution in [1.29, 1.82) is 0 Å². The first-order valence-corrected chi connectivity index (χ1v) is 5.92. The average molecular weight is 215 g/mol. The van der Waals surface area contributed by atoms with Gasteiger partial charge < -0.3 is 4.74 Å². The molecule has 0 amide bonds. The van der Waals surface area contributed by atoms with Gasteiger partial charge in [0, 0.05) is 18.5 Å². The number of ether oxygens (including phenoxy) is 1. The summed E-state index contributed by atoms with van der Waals surface area (Å²) >= 11 is 0. The van der Waals surface area contributed by atoms with E-state index < -0.39 is 0 Å². The lowest BCUT2D eigenvalue weighted by Gasteiger charge is -2.39. The summed E-state index contributed by atoms with van der Waals surface area (Å²) in [5.41, 5.74) is 0.240. The third-order valence-electron chi connectivity index (χ3n) is 3.56. The highest BCUT2D eigenvalue weighted by Crippen LogP contribution is 2.27. The van der Waals surface area contributed by atoms with E-state index in [9.17, 15) is 0 Å².